The lowest BCUT2D eigenvalue weighted by Crippen LogP contribution is -2.54. The van der Waals surface area contributed by atoms with Crippen LogP contribution in [0.4, 0.5) is 4.79 Å². The van der Waals surface area contributed by atoms with Gasteiger partial charge < -0.3 is 19.7 Å². The molecule has 1 saturated carbocycles. The van der Waals surface area contributed by atoms with Crippen molar-refractivity contribution in [2.24, 2.45) is 17.8 Å². The Morgan fingerprint density at radius 2 is 1.96 bits per heavy atom. The Hall–Kier alpha value is -1.85. The summed E-state index contributed by atoms with van der Waals surface area (Å²) in [6, 6.07) is -1.06. The predicted octanol–water partition coefficient (Wildman–Crippen LogP) is 2.92. The van der Waals surface area contributed by atoms with E-state index in [0.29, 0.717) is 19.6 Å². The molecule has 0 aromatic rings. The molecule has 3 atom stereocenters. The Balaban J connectivity index is 2.11. The summed E-state index contributed by atoms with van der Waals surface area (Å²) in [5.74, 6) is 0.280. The lowest BCUT2D eigenvalue weighted by Gasteiger charge is -2.33. The summed E-state index contributed by atoms with van der Waals surface area (Å²) in [6.07, 6.45) is 7.77. The number of alkyl carbamates (subject to hydrolysis) is 1. The quantitative estimate of drug-likeness (QED) is 0.557. The van der Waals surface area contributed by atoms with Crippen LogP contribution < -0.4 is 5.32 Å². The second kappa shape index (κ2) is 9.74. The molecule has 6 nitrogen and oxygen atoms in total. The van der Waals surface area contributed by atoms with E-state index in [0.717, 1.165) is 38.4 Å². The maximum atomic E-state index is 13.2. The standard InChI is InChI=1S/C20H32N2O4/c1-4-15-10-17(12-23)22(11-15)19(24)18(16-8-6-5-7-9-16)21-20(25)26-13-14(2)3/h4,12,14-18H,1,5-11,13H2,2-3H3,(H,21,25)/t15-,17+,18?/m1/s1. The minimum Gasteiger partial charge on any atom is -0.449 e. The van der Waals surface area contributed by atoms with Crippen LogP contribution in [0, 0.1) is 17.8 Å². The fraction of sp³-hybridized carbons (Fsp3) is 0.750. The Morgan fingerprint density at radius 1 is 1.27 bits per heavy atom. The van der Waals surface area contributed by atoms with Crippen LogP contribution in [0.1, 0.15) is 52.4 Å². The van der Waals surface area contributed by atoms with Crippen LogP contribution >= 0.6 is 0 Å². The van der Waals surface area contributed by atoms with Crippen LogP contribution in [0.2, 0.25) is 0 Å². The van der Waals surface area contributed by atoms with Crippen molar-refractivity contribution in [3.8, 4) is 0 Å². The smallest absolute Gasteiger partial charge is 0.407 e. The number of aldehydes is 1. The third-order valence-electron chi connectivity index (χ3n) is 5.36. The minimum atomic E-state index is -0.624. The molecule has 26 heavy (non-hydrogen) atoms. The first-order valence-corrected chi connectivity index (χ1v) is 9.77. The maximum Gasteiger partial charge on any atom is 0.407 e. The Morgan fingerprint density at radius 3 is 2.54 bits per heavy atom. The Kier molecular flexibility index (Phi) is 7.66. The van der Waals surface area contributed by atoms with Crippen molar-refractivity contribution >= 4 is 18.3 Å². The van der Waals surface area contributed by atoms with Crippen molar-refractivity contribution in [2.75, 3.05) is 13.2 Å². The van der Waals surface area contributed by atoms with Gasteiger partial charge in [0.15, 0.2) is 0 Å². The van der Waals surface area contributed by atoms with Gasteiger partial charge in [0.1, 0.15) is 12.3 Å². The summed E-state index contributed by atoms with van der Waals surface area (Å²) in [7, 11) is 0. The molecule has 1 saturated heterocycles. The minimum absolute atomic E-state index is 0.0953. The number of carbonyl (C=O) groups is 3. The van der Waals surface area contributed by atoms with Gasteiger partial charge in [-0.3, -0.25) is 4.79 Å². The fourth-order valence-corrected chi connectivity index (χ4v) is 3.89. The van der Waals surface area contributed by atoms with E-state index in [4.69, 9.17) is 4.74 Å². The topological polar surface area (TPSA) is 75.7 Å². The lowest BCUT2D eigenvalue weighted by molar-refractivity contribution is -0.138. The first kappa shape index (κ1) is 20.5. The summed E-state index contributed by atoms with van der Waals surface area (Å²) in [4.78, 5) is 38.5. The summed E-state index contributed by atoms with van der Waals surface area (Å²) < 4.78 is 5.23. The van der Waals surface area contributed by atoms with Gasteiger partial charge in [-0.1, -0.05) is 39.2 Å². The van der Waals surface area contributed by atoms with Gasteiger partial charge in [-0.05, 0) is 37.0 Å². The average molecular weight is 364 g/mol. The van der Waals surface area contributed by atoms with E-state index < -0.39 is 18.2 Å². The van der Waals surface area contributed by atoms with Crippen LogP contribution in [0.5, 0.6) is 0 Å². The molecule has 0 aromatic heterocycles. The fourth-order valence-electron chi connectivity index (χ4n) is 3.89. The summed E-state index contributed by atoms with van der Waals surface area (Å²) in [5.41, 5.74) is 0. The highest BCUT2D eigenvalue weighted by Crippen LogP contribution is 2.30. The van der Waals surface area contributed by atoms with Gasteiger partial charge in [0.05, 0.1) is 12.6 Å². The van der Waals surface area contributed by atoms with Gasteiger partial charge in [0, 0.05) is 6.54 Å². The number of carbonyl (C=O) groups excluding carboxylic acids is 3. The highest BCUT2D eigenvalue weighted by atomic mass is 16.5. The van der Waals surface area contributed by atoms with Crippen LogP contribution in [-0.2, 0) is 14.3 Å². The van der Waals surface area contributed by atoms with Gasteiger partial charge in [0.2, 0.25) is 5.91 Å². The molecular weight excluding hydrogens is 332 g/mol. The first-order valence-electron chi connectivity index (χ1n) is 9.77. The second-order valence-electron chi connectivity index (χ2n) is 7.94. The van der Waals surface area contributed by atoms with E-state index in [2.05, 4.69) is 11.9 Å². The zero-order chi connectivity index (χ0) is 19.1. The number of ether oxygens (including phenoxy) is 1. The van der Waals surface area contributed by atoms with E-state index in [1.54, 1.807) is 11.0 Å². The third kappa shape index (κ3) is 5.32. The van der Waals surface area contributed by atoms with Crippen molar-refractivity contribution in [1.29, 1.82) is 0 Å². The molecule has 0 bridgehead atoms. The molecule has 2 rings (SSSR count). The molecule has 1 heterocycles. The summed E-state index contributed by atoms with van der Waals surface area (Å²) in [5, 5.41) is 2.80. The lowest BCUT2D eigenvalue weighted by atomic mass is 9.83. The molecular formula is C20H32N2O4. The van der Waals surface area contributed by atoms with Gasteiger partial charge in [-0.25, -0.2) is 4.79 Å². The van der Waals surface area contributed by atoms with Gasteiger partial charge in [0.25, 0.3) is 0 Å². The molecule has 0 aromatic carbocycles. The Labute approximate surface area is 156 Å². The number of nitrogens with one attached hydrogen (secondary N) is 1. The van der Waals surface area contributed by atoms with Crippen LogP contribution in [0.3, 0.4) is 0 Å². The maximum absolute atomic E-state index is 13.2. The molecule has 0 spiro atoms. The summed E-state index contributed by atoms with van der Waals surface area (Å²) >= 11 is 0. The highest BCUT2D eigenvalue weighted by molar-refractivity contribution is 5.88. The molecule has 1 N–H and O–H groups in total. The van der Waals surface area contributed by atoms with Gasteiger partial charge in [-0.15, -0.1) is 6.58 Å². The predicted molar refractivity (Wildman–Crippen MR) is 99.6 cm³/mol. The molecule has 146 valence electrons. The van der Waals surface area contributed by atoms with Gasteiger partial charge >= 0.3 is 6.09 Å². The van der Waals surface area contributed by atoms with E-state index in [9.17, 15) is 14.4 Å². The van der Waals surface area contributed by atoms with Crippen molar-refractivity contribution in [1.82, 2.24) is 10.2 Å². The molecule has 6 heteroatoms. The van der Waals surface area contributed by atoms with E-state index >= 15 is 0 Å². The molecule has 2 aliphatic rings. The van der Waals surface area contributed by atoms with Crippen LogP contribution in [0.25, 0.3) is 0 Å². The monoisotopic (exact) mass is 364 g/mol. The zero-order valence-electron chi connectivity index (χ0n) is 16.0. The number of hydrogen-bond donors (Lipinski definition) is 1. The number of rotatable bonds is 7. The number of likely N-dealkylation sites (tertiary alicyclic amines) is 1. The van der Waals surface area contributed by atoms with E-state index in [-0.39, 0.29) is 23.7 Å². The molecule has 0 radical (unpaired) electrons. The zero-order valence-corrected chi connectivity index (χ0v) is 16.0. The van der Waals surface area contributed by atoms with Crippen LogP contribution in [-0.4, -0.2) is 48.4 Å². The van der Waals surface area contributed by atoms with Gasteiger partial charge in [-0.2, -0.15) is 0 Å². The van der Waals surface area contributed by atoms with Crippen molar-refractivity contribution < 1.29 is 19.1 Å². The Bertz CT molecular complexity index is 514. The van der Waals surface area contributed by atoms with Crippen molar-refractivity contribution in [2.45, 2.75) is 64.5 Å². The number of amides is 2. The first-order chi connectivity index (χ1) is 12.5. The molecule has 1 aliphatic carbocycles. The second-order valence-corrected chi connectivity index (χ2v) is 7.94. The highest BCUT2D eigenvalue weighted by Gasteiger charge is 2.40. The molecule has 1 unspecified atom stereocenters. The van der Waals surface area contributed by atoms with Crippen molar-refractivity contribution in [3.63, 3.8) is 0 Å². The summed E-state index contributed by atoms with van der Waals surface area (Å²) in [6.45, 7) is 8.51. The third-order valence-corrected chi connectivity index (χ3v) is 5.36. The SMILES string of the molecule is C=C[C@@H]1C[C@@H](C=O)N(C(=O)C(NC(=O)OCC(C)C)C2CCCCC2)C1. The van der Waals surface area contributed by atoms with Crippen LogP contribution in [0.15, 0.2) is 12.7 Å². The number of nitrogens with zero attached hydrogens (tertiary/aromatic N) is 1. The normalized spacial score (nSPS) is 25.0. The van der Waals surface area contributed by atoms with Crippen molar-refractivity contribution in [3.05, 3.63) is 12.7 Å². The largest absolute Gasteiger partial charge is 0.449 e. The van der Waals surface area contributed by atoms with E-state index in [1.165, 1.54) is 0 Å². The molecule has 2 fully saturated rings. The molecule has 1 aliphatic heterocycles. The van der Waals surface area contributed by atoms with E-state index in [1.807, 2.05) is 13.8 Å². The number of hydrogen-bond acceptors (Lipinski definition) is 4. The molecule has 2 amide bonds. The average Bonchev–Trinajstić information content (AvgIpc) is 3.08.